The van der Waals surface area contributed by atoms with E-state index in [1.807, 2.05) is 0 Å². The summed E-state index contributed by atoms with van der Waals surface area (Å²) in [6.45, 7) is 1.29. The van der Waals surface area contributed by atoms with E-state index >= 15 is 0 Å². The minimum absolute atomic E-state index is 0.0683. The molecule has 8 heteroatoms. The van der Waals surface area contributed by atoms with E-state index in [1.54, 1.807) is 0 Å². The molecule has 0 aliphatic heterocycles. The normalized spacial score (nSPS) is 12.6. The quantitative estimate of drug-likeness (QED) is 0.443. The van der Waals surface area contributed by atoms with Crippen molar-refractivity contribution in [2.75, 3.05) is 0 Å². The molecule has 0 spiro atoms. The summed E-state index contributed by atoms with van der Waals surface area (Å²) in [6.07, 6.45) is -1.13. The zero-order valence-electron chi connectivity index (χ0n) is 8.31. The van der Waals surface area contributed by atoms with Crippen LogP contribution in [0.4, 0.5) is 11.4 Å². The van der Waals surface area contributed by atoms with Gasteiger partial charge in [-0.2, -0.15) is 0 Å². The van der Waals surface area contributed by atoms with Gasteiger partial charge in [-0.15, -0.1) is 10.2 Å². The zero-order chi connectivity index (χ0) is 12.1. The first-order valence-corrected chi connectivity index (χ1v) is 4.29. The SMILES string of the molecule is CC(N=Nc1ccc([N+](=O)[O-])cc1)[N+](=O)[O-]. The van der Waals surface area contributed by atoms with Gasteiger partial charge in [0.1, 0.15) is 0 Å². The van der Waals surface area contributed by atoms with Crippen LogP contribution in [0.3, 0.4) is 0 Å². The lowest BCUT2D eigenvalue weighted by atomic mass is 10.3. The first-order valence-electron chi connectivity index (χ1n) is 4.29. The number of hydrogen-bond donors (Lipinski definition) is 0. The second-order valence-corrected chi connectivity index (χ2v) is 2.91. The predicted molar refractivity (Wildman–Crippen MR) is 54.1 cm³/mol. The standard InChI is InChI=1S/C8H8N4O4/c1-6(11(13)14)9-10-7-2-4-8(5-3-7)12(15)16/h2-6H,1H3. The molecule has 1 unspecified atom stereocenters. The smallest absolute Gasteiger partial charge is 0.262 e. The van der Waals surface area contributed by atoms with Crippen molar-refractivity contribution in [3.8, 4) is 0 Å². The van der Waals surface area contributed by atoms with Crippen LogP contribution in [0, 0.1) is 20.2 Å². The summed E-state index contributed by atoms with van der Waals surface area (Å²) in [7, 11) is 0. The van der Waals surface area contributed by atoms with E-state index < -0.39 is 16.0 Å². The van der Waals surface area contributed by atoms with Crippen LogP contribution in [0.25, 0.3) is 0 Å². The highest BCUT2D eigenvalue weighted by Crippen LogP contribution is 2.18. The molecule has 0 saturated heterocycles. The van der Waals surface area contributed by atoms with E-state index in [0.717, 1.165) is 0 Å². The van der Waals surface area contributed by atoms with Gasteiger partial charge in [0.25, 0.3) is 5.69 Å². The number of hydrogen-bond acceptors (Lipinski definition) is 6. The fourth-order valence-corrected chi connectivity index (χ4v) is 0.833. The maximum absolute atomic E-state index is 10.3. The molecule has 0 amide bonds. The van der Waals surface area contributed by atoms with Crippen LogP contribution in [0.15, 0.2) is 34.5 Å². The van der Waals surface area contributed by atoms with E-state index in [9.17, 15) is 20.2 Å². The molecule has 0 aliphatic carbocycles. The monoisotopic (exact) mass is 224 g/mol. The van der Waals surface area contributed by atoms with Crippen molar-refractivity contribution in [3.63, 3.8) is 0 Å². The molecule has 0 heterocycles. The fraction of sp³-hybridized carbons (Fsp3) is 0.250. The van der Waals surface area contributed by atoms with Gasteiger partial charge in [0.2, 0.25) is 0 Å². The summed E-state index contributed by atoms with van der Waals surface area (Å²) in [6, 6.07) is 5.25. The Kier molecular flexibility index (Phi) is 3.59. The number of azo groups is 1. The van der Waals surface area contributed by atoms with Gasteiger partial charge in [0.15, 0.2) is 0 Å². The van der Waals surface area contributed by atoms with E-state index in [4.69, 9.17) is 0 Å². The van der Waals surface area contributed by atoms with Gasteiger partial charge in [-0.05, 0) is 12.1 Å². The largest absolute Gasteiger partial charge is 0.318 e. The molecule has 0 saturated carbocycles. The van der Waals surface area contributed by atoms with Gasteiger partial charge in [-0.1, -0.05) is 0 Å². The first-order chi connectivity index (χ1) is 7.50. The lowest BCUT2D eigenvalue weighted by molar-refractivity contribution is -0.517. The van der Waals surface area contributed by atoms with Crippen molar-refractivity contribution in [1.82, 2.24) is 0 Å². The fourth-order valence-electron chi connectivity index (χ4n) is 0.833. The molecule has 1 rings (SSSR count). The van der Waals surface area contributed by atoms with Crippen molar-refractivity contribution in [2.24, 2.45) is 10.2 Å². The molecule has 84 valence electrons. The molecular formula is C8H8N4O4. The highest BCUT2D eigenvalue weighted by atomic mass is 16.6. The van der Waals surface area contributed by atoms with E-state index in [2.05, 4.69) is 10.2 Å². The van der Waals surface area contributed by atoms with Crippen molar-refractivity contribution in [1.29, 1.82) is 0 Å². The van der Waals surface area contributed by atoms with Crippen LogP contribution in [0.5, 0.6) is 0 Å². The molecule has 0 aromatic heterocycles. The number of benzene rings is 1. The van der Waals surface area contributed by atoms with E-state index in [-0.39, 0.29) is 5.69 Å². The number of nitrogens with zero attached hydrogens (tertiary/aromatic N) is 4. The van der Waals surface area contributed by atoms with Crippen molar-refractivity contribution >= 4 is 11.4 Å². The Labute approximate surface area is 89.9 Å². The van der Waals surface area contributed by atoms with Crippen molar-refractivity contribution in [2.45, 2.75) is 13.1 Å². The molecule has 16 heavy (non-hydrogen) atoms. The Balaban J connectivity index is 2.76. The van der Waals surface area contributed by atoms with Gasteiger partial charge in [-0.3, -0.25) is 20.2 Å². The van der Waals surface area contributed by atoms with Gasteiger partial charge < -0.3 is 0 Å². The van der Waals surface area contributed by atoms with Gasteiger partial charge in [0, 0.05) is 24.0 Å². The van der Waals surface area contributed by atoms with Crippen LogP contribution in [-0.2, 0) is 0 Å². The molecule has 0 bridgehead atoms. The summed E-state index contributed by atoms with van der Waals surface area (Å²) in [4.78, 5) is 19.4. The molecule has 0 radical (unpaired) electrons. The van der Waals surface area contributed by atoms with Gasteiger partial charge in [-0.25, -0.2) is 0 Å². The second-order valence-electron chi connectivity index (χ2n) is 2.91. The third kappa shape index (κ3) is 3.08. The van der Waals surface area contributed by atoms with Crippen LogP contribution < -0.4 is 0 Å². The summed E-state index contributed by atoms with van der Waals surface area (Å²) in [5.74, 6) is 0. The molecule has 0 N–H and O–H groups in total. The van der Waals surface area contributed by atoms with Crippen LogP contribution >= 0.6 is 0 Å². The topological polar surface area (TPSA) is 111 Å². The molecular weight excluding hydrogens is 216 g/mol. The summed E-state index contributed by atoms with van der Waals surface area (Å²) in [5.41, 5.74) is 0.264. The minimum atomic E-state index is -1.13. The molecule has 1 aromatic rings. The van der Waals surface area contributed by atoms with Crippen LogP contribution in [-0.4, -0.2) is 16.0 Å². The van der Waals surface area contributed by atoms with Crippen LogP contribution in [0.2, 0.25) is 0 Å². The average Bonchev–Trinajstić information content (AvgIpc) is 2.26. The Morgan fingerprint density at radius 2 is 1.75 bits per heavy atom. The maximum Gasteiger partial charge on any atom is 0.318 e. The maximum atomic E-state index is 10.3. The Hall–Kier alpha value is -2.38. The summed E-state index contributed by atoms with van der Waals surface area (Å²) in [5, 5.41) is 27.6. The molecule has 8 nitrogen and oxygen atoms in total. The summed E-state index contributed by atoms with van der Waals surface area (Å²) < 4.78 is 0. The predicted octanol–water partition coefficient (Wildman–Crippen LogP) is 2.30. The second kappa shape index (κ2) is 4.91. The van der Waals surface area contributed by atoms with E-state index in [1.165, 1.54) is 31.2 Å². The first kappa shape index (κ1) is 11.7. The Morgan fingerprint density at radius 3 is 2.19 bits per heavy atom. The number of rotatable bonds is 4. The Morgan fingerprint density at radius 1 is 1.19 bits per heavy atom. The zero-order valence-corrected chi connectivity index (χ0v) is 8.31. The third-order valence-corrected chi connectivity index (χ3v) is 1.71. The summed E-state index contributed by atoms with van der Waals surface area (Å²) >= 11 is 0. The van der Waals surface area contributed by atoms with Gasteiger partial charge >= 0.3 is 6.17 Å². The molecule has 0 fully saturated rings. The molecule has 1 atom stereocenters. The molecule has 1 aromatic carbocycles. The Bertz CT molecular complexity index is 428. The van der Waals surface area contributed by atoms with Gasteiger partial charge in [0.05, 0.1) is 10.6 Å². The third-order valence-electron chi connectivity index (χ3n) is 1.71. The lowest BCUT2D eigenvalue weighted by Gasteiger charge is -1.95. The van der Waals surface area contributed by atoms with E-state index in [0.29, 0.717) is 5.69 Å². The number of nitro benzene ring substituents is 1. The van der Waals surface area contributed by atoms with Crippen molar-refractivity contribution < 1.29 is 9.85 Å². The average molecular weight is 224 g/mol. The highest BCUT2D eigenvalue weighted by molar-refractivity contribution is 5.43. The van der Waals surface area contributed by atoms with Crippen LogP contribution in [0.1, 0.15) is 6.92 Å². The minimum Gasteiger partial charge on any atom is -0.262 e. The number of non-ortho nitro benzene ring substituents is 1. The van der Waals surface area contributed by atoms with Crippen molar-refractivity contribution in [3.05, 3.63) is 44.5 Å². The number of nitro groups is 2. The molecule has 0 aliphatic rings. The lowest BCUT2D eigenvalue weighted by Crippen LogP contribution is -2.10. The highest BCUT2D eigenvalue weighted by Gasteiger charge is 2.09.